The van der Waals surface area contributed by atoms with E-state index in [0.717, 1.165) is 25.0 Å². The molecule has 2 unspecified atom stereocenters. The highest BCUT2D eigenvalue weighted by atomic mass is 35.5. The van der Waals surface area contributed by atoms with Crippen molar-refractivity contribution in [1.29, 1.82) is 0 Å². The Hall–Kier alpha value is -0.600. The fourth-order valence-corrected chi connectivity index (χ4v) is 2.78. The van der Waals surface area contributed by atoms with E-state index in [2.05, 4.69) is 0 Å². The first-order chi connectivity index (χ1) is 7.94. The van der Waals surface area contributed by atoms with Crippen LogP contribution in [0.4, 0.5) is 4.39 Å². The molecule has 0 bridgehead atoms. The average molecular weight is 257 g/mol. The lowest BCUT2D eigenvalue weighted by Crippen LogP contribution is -2.29. The van der Waals surface area contributed by atoms with Crippen LogP contribution in [-0.4, -0.2) is 12.2 Å². The molecule has 1 saturated heterocycles. The molecule has 0 aliphatic carbocycles. The van der Waals surface area contributed by atoms with E-state index in [1.54, 1.807) is 13.8 Å². The fourth-order valence-electron chi connectivity index (χ4n) is 2.48. The lowest BCUT2D eigenvalue weighted by Gasteiger charge is -2.29. The van der Waals surface area contributed by atoms with Crippen LogP contribution < -0.4 is 0 Å². The first kappa shape index (κ1) is 12.8. The second-order valence-corrected chi connectivity index (χ2v) is 5.53. The van der Waals surface area contributed by atoms with E-state index in [0.29, 0.717) is 11.1 Å². The lowest BCUT2D eigenvalue weighted by molar-refractivity contribution is 0.0164. The predicted octanol–water partition coefficient (Wildman–Crippen LogP) is 4.29. The van der Waals surface area contributed by atoms with E-state index < -0.39 is 0 Å². The summed E-state index contributed by atoms with van der Waals surface area (Å²) < 4.78 is 19.3. The van der Waals surface area contributed by atoms with E-state index in [4.69, 9.17) is 16.3 Å². The largest absolute Gasteiger partial charge is 0.373 e. The van der Waals surface area contributed by atoms with Crippen LogP contribution in [0.25, 0.3) is 0 Å². The number of halogens is 2. The van der Waals surface area contributed by atoms with Crippen molar-refractivity contribution in [3.8, 4) is 0 Å². The normalized spacial score (nSPS) is 26.2. The molecule has 1 aliphatic rings. The molecule has 1 aromatic rings. The van der Waals surface area contributed by atoms with Crippen molar-refractivity contribution in [2.45, 2.75) is 44.6 Å². The number of rotatable bonds is 2. The van der Waals surface area contributed by atoms with E-state index in [1.807, 2.05) is 19.1 Å². The number of ether oxygens (including phenoxy) is 1. The number of hydrogen-bond donors (Lipinski definition) is 0. The molecule has 0 N–H and O–H groups in total. The maximum atomic E-state index is 13.6. The second-order valence-electron chi connectivity index (χ2n) is 5.10. The Labute approximate surface area is 107 Å². The smallest absolute Gasteiger partial charge is 0.129 e. The molecule has 1 fully saturated rings. The monoisotopic (exact) mass is 256 g/mol. The average Bonchev–Trinajstić information content (AvgIpc) is 2.72. The van der Waals surface area contributed by atoms with Crippen molar-refractivity contribution >= 4 is 11.6 Å². The highest BCUT2D eigenvalue weighted by molar-refractivity contribution is 6.21. The molecule has 1 aromatic carbocycles. The molecule has 17 heavy (non-hydrogen) atoms. The predicted molar refractivity (Wildman–Crippen MR) is 68.1 cm³/mol. The van der Waals surface area contributed by atoms with Gasteiger partial charge in [-0.15, -0.1) is 11.6 Å². The molecule has 1 heterocycles. The number of aryl methyl sites for hydroxylation is 2. The molecule has 0 amide bonds. The van der Waals surface area contributed by atoms with Gasteiger partial charge in [0.25, 0.3) is 0 Å². The molecule has 0 radical (unpaired) electrons. The van der Waals surface area contributed by atoms with Gasteiger partial charge in [0.05, 0.1) is 11.0 Å². The highest BCUT2D eigenvalue weighted by Crippen LogP contribution is 2.42. The Morgan fingerprint density at radius 3 is 2.41 bits per heavy atom. The SMILES string of the molecule is Cc1cc(C(Cl)C2(C)CCCO2)cc(C)c1F. The molecule has 0 saturated carbocycles. The molecule has 0 spiro atoms. The molecule has 0 aromatic heterocycles. The van der Waals surface area contributed by atoms with Gasteiger partial charge in [-0.2, -0.15) is 0 Å². The molecule has 2 rings (SSSR count). The fraction of sp³-hybridized carbons (Fsp3) is 0.571. The quantitative estimate of drug-likeness (QED) is 0.717. The van der Waals surface area contributed by atoms with Crippen LogP contribution in [0.2, 0.25) is 0 Å². The number of alkyl halides is 1. The first-order valence-corrected chi connectivity index (χ1v) is 6.42. The lowest BCUT2D eigenvalue weighted by atomic mass is 9.91. The molecular weight excluding hydrogens is 239 g/mol. The van der Waals surface area contributed by atoms with Gasteiger partial charge in [-0.1, -0.05) is 12.1 Å². The van der Waals surface area contributed by atoms with Crippen LogP contribution in [0.5, 0.6) is 0 Å². The topological polar surface area (TPSA) is 9.23 Å². The van der Waals surface area contributed by atoms with Gasteiger partial charge in [0, 0.05) is 6.61 Å². The molecule has 1 aliphatic heterocycles. The summed E-state index contributed by atoms with van der Waals surface area (Å²) in [4.78, 5) is 0. The Bertz CT molecular complexity index is 401. The van der Waals surface area contributed by atoms with E-state index in [9.17, 15) is 4.39 Å². The molecule has 1 nitrogen and oxygen atoms in total. The van der Waals surface area contributed by atoms with E-state index >= 15 is 0 Å². The maximum absolute atomic E-state index is 13.6. The summed E-state index contributed by atoms with van der Waals surface area (Å²) in [5, 5.41) is -0.219. The Balaban J connectivity index is 2.34. The van der Waals surface area contributed by atoms with Gasteiger partial charge in [-0.25, -0.2) is 4.39 Å². The Morgan fingerprint density at radius 1 is 1.35 bits per heavy atom. The second kappa shape index (κ2) is 4.58. The van der Waals surface area contributed by atoms with Crippen LogP contribution >= 0.6 is 11.6 Å². The summed E-state index contributed by atoms with van der Waals surface area (Å²) >= 11 is 6.50. The molecule has 94 valence electrons. The van der Waals surface area contributed by atoms with Crippen molar-refractivity contribution in [1.82, 2.24) is 0 Å². The zero-order chi connectivity index (χ0) is 12.6. The van der Waals surface area contributed by atoms with Crippen LogP contribution in [0, 0.1) is 19.7 Å². The first-order valence-electron chi connectivity index (χ1n) is 5.99. The number of benzene rings is 1. The summed E-state index contributed by atoms with van der Waals surface area (Å²) in [6.45, 7) is 6.34. The number of hydrogen-bond acceptors (Lipinski definition) is 1. The highest BCUT2D eigenvalue weighted by Gasteiger charge is 2.38. The van der Waals surface area contributed by atoms with Crippen LogP contribution in [-0.2, 0) is 4.74 Å². The molecule has 3 heteroatoms. The summed E-state index contributed by atoms with van der Waals surface area (Å²) in [5.74, 6) is -0.143. The van der Waals surface area contributed by atoms with Crippen molar-refractivity contribution in [3.63, 3.8) is 0 Å². The van der Waals surface area contributed by atoms with Gasteiger partial charge in [-0.3, -0.25) is 0 Å². The minimum absolute atomic E-state index is 0.143. The third-order valence-electron chi connectivity index (χ3n) is 3.54. The van der Waals surface area contributed by atoms with Crippen molar-refractivity contribution in [2.75, 3.05) is 6.61 Å². The Kier molecular flexibility index (Phi) is 3.46. The van der Waals surface area contributed by atoms with Crippen molar-refractivity contribution in [3.05, 3.63) is 34.6 Å². The van der Waals surface area contributed by atoms with Gasteiger partial charge in [0.1, 0.15) is 5.82 Å². The zero-order valence-corrected chi connectivity index (χ0v) is 11.3. The summed E-state index contributed by atoms with van der Waals surface area (Å²) in [5.41, 5.74) is 1.92. The van der Waals surface area contributed by atoms with Crippen molar-refractivity contribution in [2.24, 2.45) is 0 Å². The van der Waals surface area contributed by atoms with Gasteiger partial charge < -0.3 is 4.74 Å². The van der Waals surface area contributed by atoms with E-state index in [1.165, 1.54) is 0 Å². The Morgan fingerprint density at radius 2 is 1.94 bits per heavy atom. The van der Waals surface area contributed by atoms with Gasteiger partial charge in [0.2, 0.25) is 0 Å². The molecular formula is C14H18ClFO. The minimum atomic E-state index is -0.321. The third kappa shape index (κ3) is 2.34. The van der Waals surface area contributed by atoms with Gasteiger partial charge >= 0.3 is 0 Å². The van der Waals surface area contributed by atoms with Crippen molar-refractivity contribution < 1.29 is 9.13 Å². The minimum Gasteiger partial charge on any atom is -0.373 e. The van der Waals surface area contributed by atoms with E-state index in [-0.39, 0.29) is 16.8 Å². The standard InChI is InChI=1S/C14H18ClFO/c1-9-7-11(8-10(2)12(9)16)13(15)14(3)5-4-6-17-14/h7-8,13H,4-6H2,1-3H3. The molecule has 2 atom stereocenters. The van der Waals surface area contributed by atoms with Gasteiger partial charge in [0.15, 0.2) is 0 Å². The zero-order valence-electron chi connectivity index (χ0n) is 10.5. The maximum Gasteiger partial charge on any atom is 0.129 e. The van der Waals surface area contributed by atoms with Crippen LogP contribution in [0.3, 0.4) is 0 Å². The van der Waals surface area contributed by atoms with Crippen LogP contribution in [0.15, 0.2) is 12.1 Å². The summed E-state index contributed by atoms with van der Waals surface area (Å²) in [7, 11) is 0. The summed E-state index contributed by atoms with van der Waals surface area (Å²) in [6, 6.07) is 3.65. The van der Waals surface area contributed by atoms with Crippen LogP contribution in [0.1, 0.15) is 41.8 Å². The third-order valence-corrected chi connectivity index (χ3v) is 4.25. The summed E-state index contributed by atoms with van der Waals surface area (Å²) in [6.07, 6.45) is 2.00. The van der Waals surface area contributed by atoms with Gasteiger partial charge in [-0.05, 0) is 50.3 Å².